The van der Waals surface area contributed by atoms with Crippen molar-refractivity contribution in [3.05, 3.63) is 0 Å². The first-order valence-corrected chi connectivity index (χ1v) is 15.2. The molecule has 0 saturated carbocycles. The Kier molecular flexibility index (Phi) is 5.83. The van der Waals surface area contributed by atoms with Gasteiger partial charge in [-0.1, -0.05) is 32.7 Å². The first-order chi connectivity index (χ1) is 6.31. The molecule has 0 aliphatic carbocycles. The van der Waals surface area contributed by atoms with Crippen LogP contribution in [0, 0.1) is 0 Å². The molecule has 0 aromatic carbocycles. The maximum absolute atomic E-state index is 6.12. The van der Waals surface area contributed by atoms with Gasteiger partial charge in [0.1, 0.15) is 0 Å². The average Bonchev–Trinajstić information content (AvgIpc) is 2.01. The van der Waals surface area contributed by atoms with Crippen LogP contribution in [0.3, 0.4) is 0 Å². The molecule has 0 rings (SSSR count). The van der Waals surface area contributed by atoms with Crippen molar-refractivity contribution >= 4 is 23.5 Å². The maximum atomic E-state index is 6.12. The van der Waals surface area contributed by atoms with Crippen molar-refractivity contribution in [3.63, 3.8) is 0 Å². The second-order valence-corrected chi connectivity index (χ2v) is 26.0. The van der Waals surface area contributed by atoms with Gasteiger partial charge in [0, 0.05) is 13.2 Å². The van der Waals surface area contributed by atoms with Gasteiger partial charge in [0.05, 0.1) is 15.9 Å². The Morgan fingerprint density at radius 3 is 1.43 bits per heavy atom. The summed E-state index contributed by atoms with van der Waals surface area (Å²) in [4.78, 5) is 0. The first-order valence-electron chi connectivity index (χ1n) is 5.40. The first kappa shape index (κ1) is 14.6. The molecule has 0 N–H and O–H groups in total. The predicted molar refractivity (Wildman–Crippen MR) is 69.8 cm³/mol. The van der Waals surface area contributed by atoms with Crippen LogP contribution < -0.4 is 0 Å². The van der Waals surface area contributed by atoms with Crippen molar-refractivity contribution in [2.24, 2.45) is 0 Å². The van der Waals surface area contributed by atoms with Crippen molar-refractivity contribution in [3.8, 4) is 0 Å². The molecule has 0 amide bonds. The normalized spacial score (nSPS) is 13.7. The molecule has 85 valence electrons. The van der Waals surface area contributed by atoms with E-state index in [1.165, 1.54) is 0 Å². The summed E-state index contributed by atoms with van der Waals surface area (Å²) in [5.41, 5.74) is 0. The Hall–Kier alpha value is 0.571. The van der Waals surface area contributed by atoms with E-state index in [1.54, 1.807) is 0 Å². The second-order valence-electron chi connectivity index (χ2n) is 4.73. The number of hydrogen-bond donors (Lipinski definition) is 0. The fourth-order valence-corrected chi connectivity index (χ4v) is 29.8. The van der Waals surface area contributed by atoms with Crippen LogP contribution in [0.4, 0.5) is 0 Å². The minimum absolute atomic E-state index is 0.459. The summed E-state index contributed by atoms with van der Waals surface area (Å²) in [7, 11) is -3.59. The van der Waals surface area contributed by atoms with E-state index in [0.717, 1.165) is 13.2 Å². The second kappa shape index (κ2) is 5.60. The Morgan fingerprint density at radius 1 is 0.929 bits per heavy atom. The van der Waals surface area contributed by atoms with Crippen molar-refractivity contribution in [1.29, 1.82) is 0 Å². The fraction of sp³-hybridized carbons (Fsp3) is 1.00. The van der Waals surface area contributed by atoms with E-state index in [9.17, 15) is 0 Å². The maximum Gasteiger partial charge on any atom is 0.292 e. The minimum Gasteiger partial charge on any atom is -0.399 e. The highest BCUT2D eigenvalue weighted by Crippen LogP contribution is 2.24. The number of hydrogen-bond acceptors (Lipinski definition) is 2. The van der Waals surface area contributed by atoms with Crippen LogP contribution in [0.25, 0.3) is 0 Å². The lowest BCUT2D eigenvalue weighted by atomic mass is 10.9. The molecular formula is C9H25O2Si3. The van der Waals surface area contributed by atoms with Gasteiger partial charge in [-0.05, 0) is 13.8 Å². The van der Waals surface area contributed by atoms with Crippen LogP contribution in [0.5, 0.6) is 0 Å². The quantitative estimate of drug-likeness (QED) is 0.674. The molecule has 0 spiro atoms. The molecule has 0 saturated heterocycles. The van der Waals surface area contributed by atoms with Crippen molar-refractivity contribution < 1.29 is 8.85 Å². The Labute approximate surface area is 92.4 Å². The Bertz CT molecular complexity index is 160. The summed E-state index contributed by atoms with van der Waals surface area (Å²) < 4.78 is 12.2. The van der Waals surface area contributed by atoms with Gasteiger partial charge in [-0.15, -0.1) is 0 Å². The van der Waals surface area contributed by atoms with Crippen molar-refractivity contribution in [2.45, 2.75) is 46.6 Å². The molecule has 5 heteroatoms. The van der Waals surface area contributed by atoms with E-state index in [4.69, 9.17) is 8.85 Å². The largest absolute Gasteiger partial charge is 0.399 e. The van der Waals surface area contributed by atoms with Crippen LogP contribution in [0.1, 0.15) is 13.8 Å². The average molecular weight is 250 g/mol. The molecule has 1 radical (unpaired) electrons. The zero-order valence-corrected chi connectivity index (χ0v) is 13.7. The minimum atomic E-state index is -1.83. The molecule has 0 unspecified atom stereocenters. The summed E-state index contributed by atoms with van der Waals surface area (Å²) in [6.45, 7) is 17.7. The number of rotatable bonds is 6. The van der Waals surface area contributed by atoms with Gasteiger partial charge in [-0.3, -0.25) is 0 Å². The summed E-state index contributed by atoms with van der Waals surface area (Å²) in [5, 5.41) is 0. The predicted octanol–water partition coefficient (Wildman–Crippen LogP) is 2.75. The lowest BCUT2D eigenvalue weighted by Gasteiger charge is -2.42. The van der Waals surface area contributed by atoms with Crippen LogP contribution >= 0.6 is 0 Å². The fourth-order valence-electron chi connectivity index (χ4n) is 1.92. The standard InChI is InChI=1S/C9H25O2Si3/c1-8-10-14(11-9-2,12(3)4)13(5,6)7/h8-9H2,1-7H3. The topological polar surface area (TPSA) is 18.5 Å². The highest BCUT2D eigenvalue weighted by atomic mass is 29.6. The zero-order chi connectivity index (χ0) is 11.4. The third-order valence-electron chi connectivity index (χ3n) is 2.34. The summed E-state index contributed by atoms with van der Waals surface area (Å²) in [6.07, 6.45) is 0. The third-order valence-corrected chi connectivity index (χ3v) is 29.9. The van der Waals surface area contributed by atoms with Gasteiger partial charge < -0.3 is 8.85 Å². The molecule has 0 bridgehead atoms. The van der Waals surface area contributed by atoms with Crippen molar-refractivity contribution in [1.82, 2.24) is 0 Å². The molecule has 2 nitrogen and oxygen atoms in total. The molecule has 0 aromatic heterocycles. The van der Waals surface area contributed by atoms with E-state index in [-0.39, 0.29) is 0 Å². The summed E-state index contributed by atoms with van der Waals surface area (Å²) in [6, 6.07) is 0. The van der Waals surface area contributed by atoms with E-state index < -0.39 is 23.5 Å². The van der Waals surface area contributed by atoms with Gasteiger partial charge in [0.15, 0.2) is 0 Å². The Morgan fingerprint density at radius 2 is 1.29 bits per heavy atom. The third kappa shape index (κ3) is 3.03. The van der Waals surface area contributed by atoms with Crippen molar-refractivity contribution in [2.75, 3.05) is 13.2 Å². The summed E-state index contributed by atoms with van der Waals surface area (Å²) in [5.74, 6) is 0. The van der Waals surface area contributed by atoms with Crippen LogP contribution in [0.15, 0.2) is 0 Å². The molecule has 0 heterocycles. The van der Waals surface area contributed by atoms with E-state index in [0.29, 0.717) is 0 Å². The molecule has 0 aliphatic heterocycles. The van der Waals surface area contributed by atoms with E-state index >= 15 is 0 Å². The van der Waals surface area contributed by atoms with Crippen LogP contribution in [-0.2, 0) is 8.85 Å². The highest BCUT2D eigenvalue weighted by molar-refractivity contribution is 7.59. The SMILES string of the molecule is CCO[Si](OCC)([Si](C)C)[Si](C)(C)C. The molecule has 14 heavy (non-hydrogen) atoms. The van der Waals surface area contributed by atoms with Crippen LogP contribution in [-0.4, -0.2) is 36.7 Å². The lowest BCUT2D eigenvalue weighted by molar-refractivity contribution is 0.217. The van der Waals surface area contributed by atoms with E-state index in [2.05, 4.69) is 46.6 Å². The van der Waals surface area contributed by atoms with Gasteiger partial charge in [-0.2, -0.15) is 0 Å². The Balaban J connectivity index is 4.94. The molecule has 0 atom stereocenters. The van der Waals surface area contributed by atoms with Gasteiger partial charge >= 0.3 is 0 Å². The smallest absolute Gasteiger partial charge is 0.292 e. The molecule has 0 aliphatic rings. The van der Waals surface area contributed by atoms with Gasteiger partial charge in [-0.25, -0.2) is 0 Å². The van der Waals surface area contributed by atoms with E-state index in [1.807, 2.05) is 0 Å². The monoisotopic (exact) mass is 249 g/mol. The van der Waals surface area contributed by atoms with Gasteiger partial charge in [0.25, 0.3) is 7.60 Å². The molecule has 0 aromatic rings. The lowest BCUT2D eigenvalue weighted by Crippen LogP contribution is -2.70. The molecule has 0 fully saturated rings. The highest BCUT2D eigenvalue weighted by Gasteiger charge is 2.52. The molecular weight excluding hydrogens is 224 g/mol. The summed E-state index contributed by atoms with van der Waals surface area (Å²) >= 11 is 0. The zero-order valence-electron chi connectivity index (χ0n) is 10.7. The van der Waals surface area contributed by atoms with Crippen LogP contribution in [0.2, 0.25) is 32.7 Å². The van der Waals surface area contributed by atoms with Gasteiger partial charge in [0.2, 0.25) is 0 Å².